The average Bonchev–Trinajstić information content (AvgIpc) is 3.19. The van der Waals surface area contributed by atoms with Crippen molar-refractivity contribution in [3.63, 3.8) is 0 Å². The summed E-state index contributed by atoms with van der Waals surface area (Å²) in [6.07, 6.45) is 1.85. The lowest BCUT2D eigenvalue weighted by Gasteiger charge is -2.12. The third-order valence-electron chi connectivity index (χ3n) is 5.82. The largest absolute Gasteiger partial charge is 0.490 e. The molecule has 3 aromatic carbocycles. The van der Waals surface area contributed by atoms with Crippen molar-refractivity contribution in [1.82, 2.24) is 10.3 Å². The smallest absolute Gasteiger partial charge is 0.225 e. The Morgan fingerprint density at radius 2 is 1.74 bits per heavy atom. The van der Waals surface area contributed by atoms with Crippen molar-refractivity contribution < 1.29 is 14.3 Å². The van der Waals surface area contributed by atoms with Crippen molar-refractivity contribution in [3.05, 3.63) is 87.4 Å². The number of carbonyl (C=O) groups is 1. The van der Waals surface area contributed by atoms with Gasteiger partial charge in [-0.05, 0) is 61.2 Å². The van der Waals surface area contributed by atoms with Crippen molar-refractivity contribution in [1.29, 1.82) is 0 Å². The maximum Gasteiger partial charge on any atom is 0.225 e. The number of amides is 1. The Hall–Kier alpha value is -3.38. The van der Waals surface area contributed by atoms with Gasteiger partial charge >= 0.3 is 0 Å². The Bertz CT molecular complexity index is 1290. The van der Waals surface area contributed by atoms with Crippen LogP contribution in [-0.2, 0) is 24.1 Å². The standard InChI is InChI=1S/C29H32N2O3S/c1-4-33-25-14-13-21(17-26(25)34-5-2)15-16-30-28(32)19-27-20(3)31-29(35-27)18-23-11-8-10-22-9-6-7-12-24(22)23/h6-14,17H,4-5,15-16,18-19H2,1-3H3,(H,30,32). The highest BCUT2D eigenvalue weighted by molar-refractivity contribution is 7.11. The first kappa shape index (κ1) is 24.7. The van der Waals surface area contributed by atoms with Gasteiger partial charge in [-0.3, -0.25) is 4.79 Å². The number of nitrogens with zero attached hydrogens (tertiary/aromatic N) is 1. The van der Waals surface area contributed by atoms with Gasteiger partial charge < -0.3 is 14.8 Å². The van der Waals surface area contributed by atoms with Gasteiger partial charge in [0.15, 0.2) is 11.5 Å². The normalized spacial score (nSPS) is 10.9. The van der Waals surface area contributed by atoms with Crippen LogP contribution >= 0.6 is 11.3 Å². The summed E-state index contributed by atoms with van der Waals surface area (Å²) in [7, 11) is 0. The second-order valence-electron chi connectivity index (χ2n) is 8.36. The van der Waals surface area contributed by atoms with Gasteiger partial charge in [0.2, 0.25) is 5.91 Å². The number of rotatable bonds is 11. The molecule has 0 aliphatic heterocycles. The van der Waals surface area contributed by atoms with Crippen molar-refractivity contribution in [2.45, 2.75) is 40.0 Å². The fourth-order valence-electron chi connectivity index (χ4n) is 4.14. The highest BCUT2D eigenvalue weighted by atomic mass is 32.1. The number of hydrogen-bond donors (Lipinski definition) is 1. The summed E-state index contributed by atoms with van der Waals surface area (Å²) in [5, 5.41) is 6.58. The molecule has 0 saturated carbocycles. The van der Waals surface area contributed by atoms with E-state index in [0.717, 1.165) is 45.5 Å². The highest BCUT2D eigenvalue weighted by Gasteiger charge is 2.13. The zero-order valence-electron chi connectivity index (χ0n) is 20.6. The van der Waals surface area contributed by atoms with Crippen LogP contribution in [0.25, 0.3) is 10.8 Å². The lowest BCUT2D eigenvalue weighted by Crippen LogP contribution is -2.27. The number of aryl methyl sites for hydroxylation is 1. The zero-order chi connectivity index (χ0) is 24.6. The number of hydrogen-bond acceptors (Lipinski definition) is 5. The van der Waals surface area contributed by atoms with Crippen LogP contribution in [0.1, 0.15) is 40.6 Å². The van der Waals surface area contributed by atoms with Crippen LogP contribution in [0.3, 0.4) is 0 Å². The minimum absolute atomic E-state index is 0.0180. The summed E-state index contributed by atoms with van der Waals surface area (Å²) in [5.41, 5.74) is 3.30. The van der Waals surface area contributed by atoms with E-state index in [9.17, 15) is 4.79 Å². The maximum absolute atomic E-state index is 12.6. The van der Waals surface area contributed by atoms with Crippen molar-refractivity contribution in [3.8, 4) is 11.5 Å². The van der Waals surface area contributed by atoms with Crippen LogP contribution in [-0.4, -0.2) is 30.6 Å². The number of ether oxygens (including phenoxy) is 2. The predicted octanol–water partition coefficient (Wildman–Crippen LogP) is 5.89. The Morgan fingerprint density at radius 1 is 0.971 bits per heavy atom. The first-order chi connectivity index (χ1) is 17.1. The lowest BCUT2D eigenvalue weighted by molar-refractivity contribution is -0.120. The molecule has 4 rings (SSSR count). The molecule has 0 fully saturated rings. The van der Waals surface area contributed by atoms with E-state index < -0.39 is 0 Å². The third-order valence-corrected chi connectivity index (χ3v) is 6.98. The fraction of sp³-hybridized carbons (Fsp3) is 0.310. The molecule has 0 spiro atoms. The Kier molecular flexibility index (Phi) is 8.37. The molecule has 1 heterocycles. The Morgan fingerprint density at radius 3 is 2.57 bits per heavy atom. The summed E-state index contributed by atoms with van der Waals surface area (Å²) in [6, 6.07) is 20.7. The molecule has 182 valence electrons. The van der Waals surface area contributed by atoms with Gasteiger partial charge in [0.1, 0.15) is 0 Å². The van der Waals surface area contributed by atoms with E-state index in [-0.39, 0.29) is 5.91 Å². The SMILES string of the molecule is CCOc1ccc(CCNC(=O)Cc2sc(Cc3cccc4ccccc34)nc2C)cc1OCC. The third kappa shape index (κ3) is 6.40. The summed E-state index contributed by atoms with van der Waals surface area (Å²) in [4.78, 5) is 18.4. The van der Waals surface area contributed by atoms with Gasteiger partial charge in [-0.1, -0.05) is 48.5 Å². The Labute approximate surface area is 211 Å². The molecule has 35 heavy (non-hydrogen) atoms. The molecule has 6 heteroatoms. The van der Waals surface area contributed by atoms with Gasteiger partial charge in [-0.15, -0.1) is 11.3 Å². The molecule has 0 bridgehead atoms. The molecule has 0 atom stereocenters. The highest BCUT2D eigenvalue weighted by Crippen LogP contribution is 2.29. The summed E-state index contributed by atoms with van der Waals surface area (Å²) in [5.74, 6) is 1.52. The average molecular weight is 489 g/mol. The number of benzene rings is 3. The molecular formula is C29H32N2O3S. The van der Waals surface area contributed by atoms with E-state index in [1.54, 1.807) is 11.3 Å². The summed E-state index contributed by atoms with van der Waals surface area (Å²) < 4.78 is 11.3. The van der Waals surface area contributed by atoms with Crippen LogP contribution in [0, 0.1) is 6.92 Å². The molecule has 0 aliphatic carbocycles. The van der Waals surface area contributed by atoms with E-state index >= 15 is 0 Å². The van der Waals surface area contributed by atoms with Gasteiger partial charge in [0.25, 0.3) is 0 Å². The van der Waals surface area contributed by atoms with Crippen molar-refractivity contribution in [2.75, 3.05) is 19.8 Å². The molecule has 0 unspecified atom stereocenters. The van der Waals surface area contributed by atoms with E-state index in [0.29, 0.717) is 26.2 Å². The van der Waals surface area contributed by atoms with Crippen LogP contribution in [0.4, 0.5) is 0 Å². The number of thiazole rings is 1. The molecule has 0 radical (unpaired) electrons. The minimum atomic E-state index is 0.0180. The van der Waals surface area contributed by atoms with E-state index in [2.05, 4.69) is 47.8 Å². The second kappa shape index (κ2) is 11.8. The summed E-state index contributed by atoms with van der Waals surface area (Å²) in [6.45, 7) is 7.64. The van der Waals surface area contributed by atoms with Crippen LogP contribution in [0.15, 0.2) is 60.7 Å². The molecule has 1 aromatic heterocycles. The molecule has 1 amide bonds. The van der Waals surface area contributed by atoms with Gasteiger partial charge in [0, 0.05) is 17.8 Å². The maximum atomic E-state index is 12.6. The van der Waals surface area contributed by atoms with Crippen LogP contribution in [0.5, 0.6) is 11.5 Å². The number of carbonyl (C=O) groups excluding carboxylic acids is 1. The number of fused-ring (bicyclic) bond motifs is 1. The van der Waals surface area contributed by atoms with E-state index in [1.807, 2.05) is 39.0 Å². The molecule has 4 aromatic rings. The zero-order valence-corrected chi connectivity index (χ0v) is 21.4. The van der Waals surface area contributed by atoms with Crippen molar-refractivity contribution in [2.24, 2.45) is 0 Å². The molecule has 5 nitrogen and oxygen atoms in total. The molecule has 1 N–H and O–H groups in total. The van der Waals surface area contributed by atoms with Crippen molar-refractivity contribution >= 4 is 28.0 Å². The van der Waals surface area contributed by atoms with Gasteiger partial charge in [-0.25, -0.2) is 4.98 Å². The minimum Gasteiger partial charge on any atom is -0.490 e. The summed E-state index contributed by atoms with van der Waals surface area (Å²) >= 11 is 1.63. The number of aromatic nitrogens is 1. The lowest BCUT2D eigenvalue weighted by atomic mass is 10.0. The molecule has 0 saturated heterocycles. The molecule has 0 aliphatic rings. The second-order valence-corrected chi connectivity index (χ2v) is 9.52. The van der Waals surface area contributed by atoms with Crippen LogP contribution in [0.2, 0.25) is 0 Å². The topological polar surface area (TPSA) is 60.5 Å². The van der Waals surface area contributed by atoms with E-state index in [1.165, 1.54) is 16.3 Å². The molecular weight excluding hydrogens is 456 g/mol. The fourth-order valence-corrected chi connectivity index (χ4v) is 5.23. The van der Waals surface area contributed by atoms with Crippen LogP contribution < -0.4 is 14.8 Å². The Balaban J connectivity index is 1.33. The monoisotopic (exact) mass is 488 g/mol. The first-order valence-electron chi connectivity index (χ1n) is 12.1. The van der Waals surface area contributed by atoms with E-state index in [4.69, 9.17) is 14.5 Å². The predicted molar refractivity (Wildman–Crippen MR) is 143 cm³/mol. The number of nitrogens with one attached hydrogen (secondary N) is 1. The van der Waals surface area contributed by atoms with Gasteiger partial charge in [0.05, 0.1) is 30.3 Å². The first-order valence-corrected chi connectivity index (χ1v) is 13.0. The quantitative estimate of drug-likeness (QED) is 0.286. The van der Waals surface area contributed by atoms with Gasteiger partial charge in [-0.2, -0.15) is 0 Å².